The Morgan fingerprint density at radius 1 is 0.870 bits per heavy atom. The van der Waals surface area contributed by atoms with Crippen molar-refractivity contribution >= 4 is 11.8 Å². The smallest absolute Gasteiger partial charge is 0.264 e. The summed E-state index contributed by atoms with van der Waals surface area (Å²) in [5, 5.41) is 20.4. The van der Waals surface area contributed by atoms with Gasteiger partial charge in [-0.2, -0.15) is 10.5 Å². The summed E-state index contributed by atoms with van der Waals surface area (Å²) in [5.74, 6) is -1.09. The van der Waals surface area contributed by atoms with Gasteiger partial charge in [-0.3, -0.25) is 20.2 Å². The first-order chi connectivity index (χ1) is 11.0. The molecule has 0 aromatic heterocycles. The highest BCUT2D eigenvalue weighted by molar-refractivity contribution is 5.98. The number of carbonyl (C=O) groups excluding carboxylic acids is 2. The van der Waals surface area contributed by atoms with E-state index >= 15 is 0 Å². The molecular formula is C16H21N5O2. The predicted octanol–water partition coefficient (Wildman–Crippen LogP) is 1.46. The molecule has 0 radical (unpaired) electrons. The summed E-state index contributed by atoms with van der Waals surface area (Å²) in [6.45, 7) is 10.1. The van der Waals surface area contributed by atoms with E-state index in [4.69, 9.17) is 10.5 Å². The van der Waals surface area contributed by atoms with Crippen molar-refractivity contribution in [2.45, 2.75) is 20.8 Å². The van der Waals surface area contributed by atoms with Crippen molar-refractivity contribution in [3.8, 4) is 12.4 Å². The number of nitriles is 2. The Morgan fingerprint density at radius 3 is 1.35 bits per heavy atom. The van der Waals surface area contributed by atoms with Crippen LogP contribution >= 0.6 is 0 Å². The average Bonchev–Trinajstić information content (AvgIpc) is 2.57. The van der Waals surface area contributed by atoms with Gasteiger partial charge in [-0.05, 0) is 43.9 Å². The zero-order chi connectivity index (χ0) is 17.7. The van der Waals surface area contributed by atoms with E-state index in [-0.39, 0.29) is 11.1 Å². The van der Waals surface area contributed by atoms with Gasteiger partial charge in [0.15, 0.2) is 12.4 Å². The maximum absolute atomic E-state index is 11.2. The van der Waals surface area contributed by atoms with E-state index in [2.05, 4.69) is 25.7 Å². The highest BCUT2D eigenvalue weighted by Crippen LogP contribution is 2.04. The Balaban J connectivity index is 0.000000585. The number of hydrogen-bond donors (Lipinski definition) is 2. The Morgan fingerprint density at radius 2 is 1.17 bits per heavy atom. The largest absolute Gasteiger partial charge is 0.304 e. The molecule has 0 aliphatic heterocycles. The second kappa shape index (κ2) is 11.7. The minimum Gasteiger partial charge on any atom is -0.304 e. The molecule has 1 aromatic rings. The number of rotatable bonds is 5. The van der Waals surface area contributed by atoms with Crippen molar-refractivity contribution in [2.75, 3.05) is 19.6 Å². The lowest BCUT2D eigenvalue weighted by Crippen LogP contribution is -2.21. The monoisotopic (exact) mass is 315 g/mol. The van der Waals surface area contributed by atoms with Crippen molar-refractivity contribution in [1.82, 2.24) is 15.5 Å². The summed E-state index contributed by atoms with van der Waals surface area (Å²) in [7, 11) is 0. The lowest BCUT2D eigenvalue weighted by molar-refractivity contribution is 0.0961. The van der Waals surface area contributed by atoms with Crippen LogP contribution in [0.2, 0.25) is 0 Å². The molecule has 0 unspecified atom stereocenters. The highest BCUT2D eigenvalue weighted by Gasteiger charge is 2.07. The van der Waals surface area contributed by atoms with Gasteiger partial charge < -0.3 is 4.90 Å². The summed E-state index contributed by atoms with van der Waals surface area (Å²) >= 11 is 0. The van der Waals surface area contributed by atoms with Gasteiger partial charge in [0.2, 0.25) is 0 Å². The van der Waals surface area contributed by atoms with Gasteiger partial charge in [0.1, 0.15) is 0 Å². The number of benzene rings is 1. The van der Waals surface area contributed by atoms with Gasteiger partial charge in [-0.25, -0.2) is 0 Å². The van der Waals surface area contributed by atoms with E-state index in [0.29, 0.717) is 0 Å². The van der Waals surface area contributed by atoms with Crippen LogP contribution in [0.4, 0.5) is 0 Å². The van der Waals surface area contributed by atoms with Crippen LogP contribution in [0.15, 0.2) is 24.3 Å². The zero-order valence-electron chi connectivity index (χ0n) is 13.6. The van der Waals surface area contributed by atoms with Crippen LogP contribution in [0.25, 0.3) is 0 Å². The molecule has 0 atom stereocenters. The van der Waals surface area contributed by atoms with Crippen molar-refractivity contribution in [1.29, 1.82) is 10.5 Å². The van der Waals surface area contributed by atoms with Gasteiger partial charge in [0.05, 0.1) is 0 Å². The molecule has 1 rings (SSSR count). The van der Waals surface area contributed by atoms with E-state index in [1.165, 1.54) is 56.3 Å². The van der Waals surface area contributed by atoms with Crippen LogP contribution in [0, 0.1) is 22.9 Å². The van der Waals surface area contributed by atoms with Gasteiger partial charge in [-0.15, -0.1) is 0 Å². The first kappa shape index (κ1) is 20.1. The Hall–Kier alpha value is -2.90. The number of carbonyl (C=O) groups is 2. The summed E-state index contributed by atoms with van der Waals surface area (Å²) < 4.78 is 0. The number of hydrogen-bond acceptors (Lipinski definition) is 5. The number of nitrogens with zero attached hydrogens (tertiary/aromatic N) is 3. The van der Waals surface area contributed by atoms with Crippen molar-refractivity contribution < 1.29 is 9.59 Å². The molecule has 0 saturated heterocycles. The second-order valence-electron chi connectivity index (χ2n) is 4.33. The fourth-order valence-corrected chi connectivity index (χ4v) is 1.69. The predicted molar refractivity (Wildman–Crippen MR) is 86.1 cm³/mol. The third-order valence-corrected chi connectivity index (χ3v) is 3.09. The quantitative estimate of drug-likeness (QED) is 0.631. The van der Waals surface area contributed by atoms with Crippen molar-refractivity contribution in [3.05, 3.63) is 35.4 Å². The van der Waals surface area contributed by atoms with Crippen LogP contribution in [-0.2, 0) is 0 Å². The van der Waals surface area contributed by atoms with E-state index < -0.39 is 11.8 Å². The Kier molecular flexibility index (Phi) is 10.2. The molecule has 1 aromatic carbocycles. The molecule has 23 heavy (non-hydrogen) atoms. The lowest BCUT2D eigenvalue weighted by Gasteiger charge is -2.13. The average molecular weight is 315 g/mol. The van der Waals surface area contributed by atoms with Crippen LogP contribution in [0.5, 0.6) is 0 Å². The molecule has 0 bridgehead atoms. The normalized spacial score (nSPS) is 8.96. The molecule has 7 nitrogen and oxygen atoms in total. The third kappa shape index (κ3) is 7.60. The molecule has 2 N–H and O–H groups in total. The van der Waals surface area contributed by atoms with E-state index in [0.717, 1.165) is 0 Å². The minimum absolute atomic E-state index is 0.259. The first-order valence-corrected chi connectivity index (χ1v) is 7.25. The Bertz CT molecular complexity index is 527. The molecule has 2 amide bonds. The zero-order valence-corrected chi connectivity index (χ0v) is 13.6. The summed E-state index contributed by atoms with van der Waals surface area (Å²) in [4.78, 5) is 24.7. The first-order valence-electron chi connectivity index (χ1n) is 7.25. The van der Waals surface area contributed by atoms with Crippen LogP contribution < -0.4 is 10.6 Å². The van der Waals surface area contributed by atoms with Crippen LogP contribution in [0.3, 0.4) is 0 Å². The third-order valence-electron chi connectivity index (χ3n) is 3.09. The maximum Gasteiger partial charge on any atom is 0.264 e. The lowest BCUT2D eigenvalue weighted by atomic mass is 10.1. The summed E-state index contributed by atoms with van der Waals surface area (Å²) in [6, 6.07) is 5.55. The van der Waals surface area contributed by atoms with Crippen LogP contribution in [-0.4, -0.2) is 36.3 Å². The van der Waals surface area contributed by atoms with Gasteiger partial charge >= 0.3 is 0 Å². The topological polar surface area (TPSA) is 109 Å². The number of nitrogens with one attached hydrogen (secondary N) is 2. The van der Waals surface area contributed by atoms with Gasteiger partial charge in [0.25, 0.3) is 11.8 Å². The van der Waals surface area contributed by atoms with E-state index in [1.807, 2.05) is 10.6 Å². The SMILES string of the molecule is CCN(CC)CC.N#CNC(=O)c1ccc(C(=O)NC#N)cc1. The van der Waals surface area contributed by atoms with Gasteiger partial charge in [0, 0.05) is 11.1 Å². The molecule has 0 aliphatic rings. The van der Waals surface area contributed by atoms with Gasteiger partial charge in [-0.1, -0.05) is 20.8 Å². The highest BCUT2D eigenvalue weighted by atomic mass is 16.2. The maximum atomic E-state index is 11.2. The van der Waals surface area contributed by atoms with E-state index in [9.17, 15) is 9.59 Å². The molecule has 0 heterocycles. The molecular weight excluding hydrogens is 294 g/mol. The molecule has 0 spiro atoms. The summed E-state index contributed by atoms with van der Waals surface area (Å²) in [6.07, 6.45) is 3.00. The summed E-state index contributed by atoms with van der Waals surface area (Å²) in [5.41, 5.74) is 0.519. The molecule has 7 heteroatoms. The molecule has 0 saturated carbocycles. The molecule has 0 fully saturated rings. The van der Waals surface area contributed by atoms with Crippen molar-refractivity contribution in [3.63, 3.8) is 0 Å². The minimum atomic E-state index is -0.547. The standard InChI is InChI=1S/C10H6N4O2.C6H15N/c11-5-13-9(15)7-1-2-8(4-3-7)10(16)14-6-12;1-4-7(5-2)6-3/h1-4H,(H,13,15)(H,14,16);4-6H2,1-3H3. The fourth-order valence-electron chi connectivity index (χ4n) is 1.69. The van der Waals surface area contributed by atoms with Crippen LogP contribution in [0.1, 0.15) is 41.5 Å². The van der Waals surface area contributed by atoms with E-state index in [1.54, 1.807) is 0 Å². The second-order valence-corrected chi connectivity index (χ2v) is 4.33. The van der Waals surface area contributed by atoms with Crippen molar-refractivity contribution in [2.24, 2.45) is 0 Å². The Labute approximate surface area is 136 Å². The molecule has 0 aliphatic carbocycles. The molecule has 122 valence electrons. The fraction of sp³-hybridized carbons (Fsp3) is 0.375. The number of amides is 2.